The van der Waals surface area contributed by atoms with Crippen molar-refractivity contribution in [1.82, 2.24) is 0 Å². The Morgan fingerprint density at radius 1 is 0.643 bits per heavy atom. The number of hydrogen-bond acceptors (Lipinski definition) is 0. The van der Waals surface area contributed by atoms with Gasteiger partial charge in [0.1, 0.15) is 0 Å². The molecule has 0 aromatic rings. The summed E-state index contributed by atoms with van der Waals surface area (Å²) in [6.45, 7) is 17.8. The molecule has 0 aromatic heterocycles. The zero-order valence-electron chi connectivity index (χ0n) is 11.2. The Morgan fingerprint density at radius 3 is 1.00 bits per heavy atom. The molecule has 0 aliphatic rings. The van der Waals surface area contributed by atoms with Crippen LogP contribution in [0.15, 0.2) is 0 Å². The third-order valence-electron chi connectivity index (χ3n) is 3.59. The Kier molecular flexibility index (Phi) is 4.25. The molecule has 0 amide bonds. The molecule has 0 atom stereocenters. The smallest absolute Gasteiger partial charge is 0.0281 e. The number of hydrogen-bond donors (Lipinski definition) is 0. The molecule has 0 aliphatic heterocycles. The minimum absolute atomic E-state index is 0.131. The Balaban J connectivity index is 4.74. The topological polar surface area (TPSA) is 0 Å². The van der Waals surface area contributed by atoms with E-state index in [1.165, 1.54) is 0 Å². The molecule has 0 fully saturated rings. The Labute approximate surface area is 90.5 Å². The van der Waals surface area contributed by atoms with Crippen molar-refractivity contribution in [3.05, 3.63) is 0 Å². The fourth-order valence-electron chi connectivity index (χ4n) is 0.611. The minimum atomic E-state index is 0.131. The normalized spacial score (nSPS) is 13.0. The molecule has 0 aromatic carbocycles. The lowest BCUT2D eigenvalue weighted by molar-refractivity contribution is 0.332. The summed E-state index contributed by atoms with van der Waals surface area (Å²) in [5.41, 5.74) is 0.262. The summed E-state index contributed by atoms with van der Waals surface area (Å²) in [4.78, 5) is 0. The van der Waals surface area contributed by atoms with E-state index in [0.717, 1.165) is 0 Å². The molecule has 0 radical (unpaired) electrons. The first kappa shape index (κ1) is 13.6. The van der Waals surface area contributed by atoms with Crippen LogP contribution < -0.4 is 0 Å². The highest BCUT2D eigenvalue weighted by Crippen LogP contribution is 2.28. The van der Waals surface area contributed by atoms with Gasteiger partial charge in [0.2, 0.25) is 0 Å². The van der Waals surface area contributed by atoms with E-state index in [9.17, 15) is 0 Å². The van der Waals surface area contributed by atoms with Gasteiger partial charge in [-0.3, -0.25) is 0 Å². The lowest BCUT2D eigenvalue weighted by Gasteiger charge is -2.26. The molecule has 0 rings (SSSR count). The maximum Gasteiger partial charge on any atom is 0.0281 e. The van der Waals surface area contributed by atoms with Crippen LogP contribution in [0.3, 0.4) is 0 Å². The van der Waals surface area contributed by atoms with E-state index in [2.05, 4.69) is 67.2 Å². The van der Waals surface area contributed by atoms with Crippen LogP contribution in [0.25, 0.3) is 0 Å². The molecular weight excluding hydrogens is 168 g/mol. The van der Waals surface area contributed by atoms with Crippen molar-refractivity contribution >= 4 is 0 Å². The summed E-state index contributed by atoms with van der Waals surface area (Å²) in [6, 6.07) is 0. The molecule has 0 spiro atoms. The van der Waals surface area contributed by atoms with Gasteiger partial charge in [-0.1, -0.05) is 39.5 Å². The highest BCUT2D eigenvalue weighted by molar-refractivity contribution is 5.16. The standard InChI is InChI=1S/C14H26/c1-11(2)13(5,6)9-10-14(7,8)12(3)4/h11-12H,1-8H3. The van der Waals surface area contributed by atoms with Gasteiger partial charge >= 0.3 is 0 Å². The molecule has 0 saturated heterocycles. The molecule has 0 heterocycles. The zero-order chi connectivity index (χ0) is 11.6. The Morgan fingerprint density at radius 2 is 0.857 bits per heavy atom. The van der Waals surface area contributed by atoms with Crippen LogP contribution in [-0.2, 0) is 0 Å². The summed E-state index contributed by atoms with van der Waals surface area (Å²) in [5.74, 6) is 8.08. The lowest BCUT2D eigenvalue weighted by Crippen LogP contribution is -2.20. The third kappa shape index (κ3) is 3.74. The molecule has 0 aliphatic carbocycles. The first-order chi connectivity index (χ1) is 6.09. The second kappa shape index (κ2) is 4.39. The number of rotatable bonds is 2. The molecule has 0 heteroatoms. The van der Waals surface area contributed by atoms with Crippen molar-refractivity contribution < 1.29 is 0 Å². The molecule has 0 bridgehead atoms. The molecule has 0 unspecified atom stereocenters. The second-order valence-corrected chi connectivity index (χ2v) is 6.00. The van der Waals surface area contributed by atoms with Gasteiger partial charge < -0.3 is 0 Å². The monoisotopic (exact) mass is 194 g/mol. The van der Waals surface area contributed by atoms with E-state index >= 15 is 0 Å². The zero-order valence-corrected chi connectivity index (χ0v) is 11.2. The fourth-order valence-corrected chi connectivity index (χ4v) is 0.611. The van der Waals surface area contributed by atoms with Gasteiger partial charge in [0.25, 0.3) is 0 Å². The van der Waals surface area contributed by atoms with Gasteiger partial charge in [-0.05, 0) is 39.5 Å². The van der Waals surface area contributed by atoms with Crippen molar-refractivity contribution in [1.29, 1.82) is 0 Å². The summed E-state index contributed by atoms with van der Waals surface area (Å²) < 4.78 is 0. The van der Waals surface area contributed by atoms with E-state index in [0.29, 0.717) is 11.8 Å². The molecule has 14 heavy (non-hydrogen) atoms. The van der Waals surface area contributed by atoms with Crippen LogP contribution in [-0.4, -0.2) is 0 Å². The van der Waals surface area contributed by atoms with Crippen molar-refractivity contribution in [2.45, 2.75) is 55.4 Å². The van der Waals surface area contributed by atoms with Gasteiger partial charge in [0, 0.05) is 10.8 Å². The van der Waals surface area contributed by atoms with E-state index in [1.807, 2.05) is 0 Å². The minimum Gasteiger partial charge on any atom is -0.0962 e. The first-order valence-corrected chi connectivity index (χ1v) is 5.64. The van der Waals surface area contributed by atoms with Crippen LogP contribution >= 0.6 is 0 Å². The average molecular weight is 194 g/mol. The Hall–Kier alpha value is -0.440. The predicted octanol–water partition coefficient (Wildman–Crippen LogP) is 4.35. The maximum absolute atomic E-state index is 3.43. The van der Waals surface area contributed by atoms with Gasteiger partial charge in [-0.25, -0.2) is 0 Å². The third-order valence-corrected chi connectivity index (χ3v) is 3.59. The van der Waals surface area contributed by atoms with Crippen molar-refractivity contribution in [3.63, 3.8) is 0 Å². The van der Waals surface area contributed by atoms with Crippen molar-refractivity contribution in [2.24, 2.45) is 22.7 Å². The van der Waals surface area contributed by atoms with Gasteiger partial charge in [-0.15, -0.1) is 0 Å². The summed E-state index contributed by atoms with van der Waals surface area (Å²) >= 11 is 0. The van der Waals surface area contributed by atoms with Crippen LogP contribution in [0.4, 0.5) is 0 Å². The summed E-state index contributed by atoms with van der Waals surface area (Å²) in [6.07, 6.45) is 0. The fraction of sp³-hybridized carbons (Fsp3) is 0.857. The quantitative estimate of drug-likeness (QED) is 0.573. The molecule has 82 valence electrons. The molecule has 0 saturated carbocycles. The van der Waals surface area contributed by atoms with Gasteiger partial charge in [-0.2, -0.15) is 0 Å². The molecule has 0 N–H and O–H groups in total. The van der Waals surface area contributed by atoms with E-state index in [1.54, 1.807) is 0 Å². The van der Waals surface area contributed by atoms with Gasteiger partial charge in [0.15, 0.2) is 0 Å². The van der Waals surface area contributed by atoms with Gasteiger partial charge in [0.05, 0.1) is 0 Å². The van der Waals surface area contributed by atoms with Crippen molar-refractivity contribution in [2.75, 3.05) is 0 Å². The first-order valence-electron chi connectivity index (χ1n) is 5.64. The van der Waals surface area contributed by atoms with Crippen LogP contribution in [0.2, 0.25) is 0 Å². The second-order valence-electron chi connectivity index (χ2n) is 6.00. The van der Waals surface area contributed by atoms with E-state index in [4.69, 9.17) is 0 Å². The van der Waals surface area contributed by atoms with Crippen LogP contribution in [0, 0.1) is 34.5 Å². The highest BCUT2D eigenvalue weighted by atomic mass is 14.3. The summed E-state index contributed by atoms with van der Waals surface area (Å²) in [7, 11) is 0. The summed E-state index contributed by atoms with van der Waals surface area (Å²) in [5, 5.41) is 0. The lowest BCUT2D eigenvalue weighted by atomic mass is 9.77. The molecular formula is C14H26. The predicted molar refractivity (Wildman–Crippen MR) is 65.0 cm³/mol. The van der Waals surface area contributed by atoms with Crippen molar-refractivity contribution in [3.8, 4) is 11.8 Å². The molecule has 0 nitrogen and oxygen atoms in total. The average Bonchev–Trinajstić information content (AvgIpc) is 2.01. The van der Waals surface area contributed by atoms with Crippen LogP contribution in [0.5, 0.6) is 0 Å². The largest absolute Gasteiger partial charge is 0.0962 e. The highest BCUT2D eigenvalue weighted by Gasteiger charge is 2.23. The van der Waals surface area contributed by atoms with Crippen LogP contribution in [0.1, 0.15) is 55.4 Å². The Bertz CT molecular complexity index is 206. The van der Waals surface area contributed by atoms with E-state index in [-0.39, 0.29) is 10.8 Å². The SMILES string of the molecule is CC(C)C(C)(C)C#CC(C)(C)C(C)C. The maximum atomic E-state index is 3.43. The van der Waals surface area contributed by atoms with E-state index < -0.39 is 0 Å².